The van der Waals surface area contributed by atoms with Gasteiger partial charge in [-0.05, 0) is 44.9 Å². The molecule has 0 bridgehead atoms. The van der Waals surface area contributed by atoms with Crippen molar-refractivity contribution in [1.29, 1.82) is 0 Å². The lowest BCUT2D eigenvalue weighted by molar-refractivity contribution is -0.125. The number of esters is 1. The van der Waals surface area contributed by atoms with Gasteiger partial charge < -0.3 is 19.5 Å². The number of nitrogens with one attached hydrogen (secondary N) is 1. The fourth-order valence-corrected chi connectivity index (χ4v) is 3.23. The minimum atomic E-state index is -0.558. The molecule has 1 aliphatic rings. The van der Waals surface area contributed by atoms with Gasteiger partial charge in [-0.25, -0.2) is 4.79 Å². The zero-order valence-electron chi connectivity index (χ0n) is 16.6. The minimum absolute atomic E-state index is 0.00585. The third kappa shape index (κ3) is 7.12. The lowest BCUT2D eigenvalue weighted by atomic mass is 9.97. The molecule has 0 aromatic heterocycles. The summed E-state index contributed by atoms with van der Waals surface area (Å²) < 4.78 is 16.1. The Kier molecular flexibility index (Phi) is 8.43. The molecule has 1 saturated carbocycles. The van der Waals surface area contributed by atoms with Gasteiger partial charge in [0.25, 0.3) is 5.91 Å². The Morgan fingerprint density at radius 2 is 1.74 bits per heavy atom. The van der Waals surface area contributed by atoms with E-state index in [-0.39, 0.29) is 24.7 Å². The third-order valence-corrected chi connectivity index (χ3v) is 4.57. The molecular formula is C21H31NO5. The third-order valence-electron chi connectivity index (χ3n) is 4.57. The van der Waals surface area contributed by atoms with Crippen molar-refractivity contribution in [2.24, 2.45) is 0 Å². The van der Waals surface area contributed by atoms with Crippen LogP contribution in [0.25, 0.3) is 0 Å². The first kappa shape index (κ1) is 21.1. The Bertz CT molecular complexity index is 621. The van der Waals surface area contributed by atoms with Gasteiger partial charge in [-0.3, -0.25) is 4.79 Å². The predicted molar refractivity (Wildman–Crippen MR) is 103 cm³/mol. The van der Waals surface area contributed by atoms with Crippen LogP contribution in [-0.4, -0.2) is 37.7 Å². The maximum Gasteiger partial charge on any atom is 0.338 e. The predicted octanol–water partition coefficient (Wildman–Crippen LogP) is 3.87. The second-order valence-corrected chi connectivity index (χ2v) is 7.22. The molecule has 0 unspecified atom stereocenters. The van der Waals surface area contributed by atoms with Gasteiger partial charge in [0.1, 0.15) is 0 Å². The van der Waals surface area contributed by atoms with E-state index in [0.29, 0.717) is 17.1 Å². The lowest BCUT2D eigenvalue weighted by Gasteiger charge is -2.21. The van der Waals surface area contributed by atoms with E-state index in [1.165, 1.54) is 26.4 Å². The molecule has 1 aromatic carbocycles. The van der Waals surface area contributed by atoms with Crippen molar-refractivity contribution in [2.75, 3.05) is 13.7 Å². The highest BCUT2D eigenvalue weighted by molar-refractivity contribution is 5.92. The molecule has 1 aromatic rings. The van der Waals surface area contributed by atoms with E-state index >= 15 is 0 Å². The fourth-order valence-electron chi connectivity index (χ4n) is 3.23. The summed E-state index contributed by atoms with van der Waals surface area (Å²) in [6.45, 7) is 3.55. The van der Waals surface area contributed by atoms with E-state index in [4.69, 9.17) is 14.2 Å². The number of hydrogen-bond donors (Lipinski definition) is 1. The number of rotatable bonds is 7. The van der Waals surface area contributed by atoms with Crippen LogP contribution in [0.4, 0.5) is 0 Å². The molecule has 6 nitrogen and oxygen atoms in total. The van der Waals surface area contributed by atoms with E-state index in [0.717, 1.165) is 25.7 Å². The second kappa shape index (κ2) is 10.8. The van der Waals surface area contributed by atoms with Crippen LogP contribution in [0.3, 0.4) is 0 Å². The van der Waals surface area contributed by atoms with Gasteiger partial charge in [0.2, 0.25) is 0 Å². The summed E-state index contributed by atoms with van der Waals surface area (Å²) in [5.41, 5.74) is 0.321. The van der Waals surface area contributed by atoms with Crippen molar-refractivity contribution in [1.82, 2.24) is 5.32 Å². The van der Waals surface area contributed by atoms with Crippen LogP contribution < -0.4 is 14.8 Å². The highest BCUT2D eigenvalue weighted by Crippen LogP contribution is 2.29. The highest BCUT2D eigenvalue weighted by Gasteiger charge is 2.17. The molecular weight excluding hydrogens is 346 g/mol. The van der Waals surface area contributed by atoms with Crippen molar-refractivity contribution in [3.63, 3.8) is 0 Å². The Hall–Kier alpha value is -2.24. The monoisotopic (exact) mass is 377 g/mol. The number of hydrogen-bond acceptors (Lipinski definition) is 5. The van der Waals surface area contributed by atoms with E-state index in [9.17, 15) is 9.59 Å². The SMILES string of the molecule is COc1cc(C(=O)OCC(=O)NC2CCCCCCC2)ccc1OC(C)C. The van der Waals surface area contributed by atoms with Gasteiger partial charge in [0.15, 0.2) is 18.1 Å². The van der Waals surface area contributed by atoms with Crippen molar-refractivity contribution < 1.29 is 23.8 Å². The molecule has 0 saturated heterocycles. The summed E-state index contributed by atoms with van der Waals surface area (Å²) in [4.78, 5) is 24.4. The molecule has 0 atom stereocenters. The largest absolute Gasteiger partial charge is 0.493 e. The first-order valence-electron chi connectivity index (χ1n) is 9.80. The van der Waals surface area contributed by atoms with E-state index in [1.807, 2.05) is 13.8 Å². The van der Waals surface area contributed by atoms with Crippen LogP contribution in [0.15, 0.2) is 18.2 Å². The average Bonchev–Trinajstić information content (AvgIpc) is 2.61. The van der Waals surface area contributed by atoms with Crippen LogP contribution in [0.2, 0.25) is 0 Å². The number of carbonyl (C=O) groups is 2. The molecule has 6 heteroatoms. The van der Waals surface area contributed by atoms with Gasteiger partial charge in [-0.2, -0.15) is 0 Å². The lowest BCUT2D eigenvalue weighted by Crippen LogP contribution is -2.38. The maximum atomic E-state index is 12.2. The van der Waals surface area contributed by atoms with Gasteiger partial charge in [-0.15, -0.1) is 0 Å². The van der Waals surface area contributed by atoms with Crippen molar-refractivity contribution in [2.45, 2.75) is 70.9 Å². The molecule has 0 radical (unpaired) electrons. The van der Waals surface area contributed by atoms with E-state index in [1.54, 1.807) is 18.2 Å². The Balaban J connectivity index is 1.86. The second-order valence-electron chi connectivity index (χ2n) is 7.22. The summed E-state index contributed by atoms with van der Waals surface area (Å²) in [5, 5.41) is 2.99. The highest BCUT2D eigenvalue weighted by atomic mass is 16.5. The Morgan fingerprint density at radius 3 is 2.37 bits per heavy atom. The normalized spacial score (nSPS) is 15.6. The quantitative estimate of drug-likeness (QED) is 0.730. The Morgan fingerprint density at radius 1 is 1.07 bits per heavy atom. The summed E-state index contributed by atoms with van der Waals surface area (Å²) in [5.74, 6) is 0.209. The number of methoxy groups -OCH3 is 1. The molecule has 1 fully saturated rings. The van der Waals surface area contributed by atoms with Crippen molar-refractivity contribution in [3.8, 4) is 11.5 Å². The van der Waals surface area contributed by atoms with Crippen LogP contribution >= 0.6 is 0 Å². The molecule has 0 spiro atoms. The average molecular weight is 377 g/mol. The van der Waals surface area contributed by atoms with Gasteiger partial charge in [0.05, 0.1) is 18.8 Å². The zero-order chi connectivity index (χ0) is 19.6. The van der Waals surface area contributed by atoms with Gasteiger partial charge >= 0.3 is 5.97 Å². The first-order valence-corrected chi connectivity index (χ1v) is 9.80. The van der Waals surface area contributed by atoms with Crippen molar-refractivity contribution in [3.05, 3.63) is 23.8 Å². The molecule has 1 N–H and O–H groups in total. The molecule has 27 heavy (non-hydrogen) atoms. The molecule has 1 amide bonds. The van der Waals surface area contributed by atoms with Crippen LogP contribution in [0.5, 0.6) is 11.5 Å². The number of amides is 1. The van der Waals surface area contributed by atoms with Crippen LogP contribution in [-0.2, 0) is 9.53 Å². The Labute approximate surface area is 161 Å². The van der Waals surface area contributed by atoms with Crippen molar-refractivity contribution >= 4 is 11.9 Å². The van der Waals surface area contributed by atoms with Crippen LogP contribution in [0.1, 0.15) is 69.2 Å². The standard InChI is InChI=1S/C21H31NO5/c1-15(2)27-18-12-11-16(13-19(18)25-3)21(24)26-14-20(23)22-17-9-7-5-4-6-8-10-17/h11-13,15,17H,4-10,14H2,1-3H3,(H,22,23). The van der Waals surface area contributed by atoms with E-state index < -0.39 is 5.97 Å². The molecule has 0 aliphatic heterocycles. The van der Waals surface area contributed by atoms with Gasteiger partial charge in [0, 0.05) is 6.04 Å². The number of ether oxygens (including phenoxy) is 3. The summed E-state index contributed by atoms with van der Waals surface area (Å²) >= 11 is 0. The fraction of sp³-hybridized carbons (Fsp3) is 0.619. The molecule has 0 heterocycles. The van der Waals surface area contributed by atoms with Crippen LogP contribution in [0, 0.1) is 0 Å². The zero-order valence-corrected chi connectivity index (χ0v) is 16.6. The molecule has 1 aliphatic carbocycles. The molecule has 2 rings (SSSR count). The summed E-state index contributed by atoms with van der Waals surface area (Å²) in [6.07, 6.45) is 7.98. The summed E-state index contributed by atoms with van der Waals surface area (Å²) in [6, 6.07) is 5.02. The van der Waals surface area contributed by atoms with E-state index in [2.05, 4.69) is 5.32 Å². The maximum absolute atomic E-state index is 12.2. The topological polar surface area (TPSA) is 73.9 Å². The number of carbonyl (C=O) groups excluding carboxylic acids is 2. The smallest absolute Gasteiger partial charge is 0.338 e. The first-order chi connectivity index (χ1) is 13.0. The number of benzene rings is 1. The molecule has 150 valence electrons. The summed E-state index contributed by atoms with van der Waals surface area (Å²) in [7, 11) is 1.51. The minimum Gasteiger partial charge on any atom is -0.493 e. The van der Waals surface area contributed by atoms with Gasteiger partial charge in [-0.1, -0.05) is 32.1 Å².